The summed E-state index contributed by atoms with van der Waals surface area (Å²) in [5, 5.41) is 5.56. The summed E-state index contributed by atoms with van der Waals surface area (Å²) in [5.41, 5.74) is 5.47. The molecular weight excluding hydrogens is 328 g/mol. The number of aryl methyl sites for hydroxylation is 1. The first kappa shape index (κ1) is 15.7. The van der Waals surface area contributed by atoms with E-state index >= 15 is 0 Å². The van der Waals surface area contributed by atoms with E-state index in [2.05, 4.69) is 10.5 Å². The molecule has 0 bridgehead atoms. The van der Waals surface area contributed by atoms with Crippen molar-refractivity contribution >= 4 is 44.6 Å². The zero-order valence-electron chi connectivity index (χ0n) is 12.8. The first-order chi connectivity index (χ1) is 11.1. The normalized spacial score (nSPS) is 11.7. The van der Waals surface area contributed by atoms with Crippen molar-refractivity contribution in [3.63, 3.8) is 0 Å². The van der Waals surface area contributed by atoms with Crippen LogP contribution >= 0.6 is 22.9 Å². The molecular formula is C18H15ClN2OS. The Labute approximate surface area is 143 Å². The molecule has 116 valence electrons. The SMILES string of the molecule is C/C(=N\NC(=O)c1sc2ccccc2c1Cl)c1cccc(C)c1. The Morgan fingerprint density at radius 2 is 1.96 bits per heavy atom. The predicted octanol–water partition coefficient (Wildman–Crippen LogP) is 5.02. The molecule has 0 fully saturated rings. The highest BCUT2D eigenvalue weighted by molar-refractivity contribution is 7.21. The third kappa shape index (κ3) is 3.28. The fourth-order valence-electron chi connectivity index (χ4n) is 2.28. The van der Waals surface area contributed by atoms with Crippen LogP contribution in [0.5, 0.6) is 0 Å². The van der Waals surface area contributed by atoms with E-state index in [0.29, 0.717) is 9.90 Å². The quantitative estimate of drug-likeness (QED) is 0.527. The summed E-state index contributed by atoms with van der Waals surface area (Å²) in [7, 11) is 0. The van der Waals surface area contributed by atoms with Gasteiger partial charge >= 0.3 is 0 Å². The van der Waals surface area contributed by atoms with Crippen LogP contribution in [-0.2, 0) is 0 Å². The van der Waals surface area contributed by atoms with Crippen molar-refractivity contribution in [3.05, 3.63) is 69.6 Å². The minimum atomic E-state index is -0.289. The summed E-state index contributed by atoms with van der Waals surface area (Å²) in [6, 6.07) is 15.7. The lowest BCUT2D eigenvalue weighted by atomic mass is 10.1. The van der Waals surface area contributed by atoms with E-state index in [1.54, 1.807) is 0 Å². The number of hydrazone groups is 1. The molecule has 3 nitrogen and oxygen atoms in total. The Hall–Kier alpha value is -2.17. The second kappa shape index (κ2) is 6.52. The zero-order valence-corrected chi connectivity index (χ0v) is 14.3. The molecule has 0 atom stereocenters. The average Bonchev–Trinajstić information content (AvgIpc) is 2.90. The maximum absolute atomic E-state index is 12.3. The van der Waals surface area contributed by atoms with Crippen molar-refractivity contribution in [2.75, 3.05) is 0 Å². The van der Waals surface area contributed by atoms with Crippen molar-refractivity contribution in [1.82, 2.24) is 5.43 Å². The van der Waals surface area contributed by atoms with Gasteiger partial charge in [0.25, 0.3) is 5.91 Å². The highest BCUT2D eigenvalue weighted by Gasteiger charge is 2.16. The zero-order chi connectivity index (χ0) is 16.4. The molecule has 1 N–H and O–H groups in total. The second-order valence-electron chi connectivity index (χ2n) is 5.25. The number of fused-ring (bicyclic) bond motifs is 1. The van der Waals surface area contributed by atoms with Gasteiger partial charge in [-0.1, -0.05) is 59.6 Å². The second-order valence-corrected chi connectivity index (χ2v) is 6.68. The molecule has 0 unspecified atom stereocenters. The molecule has 1 amide bonds. The molecule has 0 saturated carbocycles. The van der Waals surface area contributed by atoms with Gasteiger partial charge in [0.1, 0.15) is 4.88 Å². The number of thiophene rings is 1. The third-order valence-electron chi connectivity index (χ3n) is 3.50. The molecule has 1 aromatic heterocycles. The fourth-order valence-corrected chi connectivity index (χ4v) is 3.69. The van der Waals surface area contributed by atoms with Crippen LogP contribution in [0.3, 0.4) is 0 Å². The highest BCUT2D eigenvalue weighted by atomic mass is 35.5. The molecule has 2 aromatic carbocycles. The molecule has 0 radical (unpaired) electrons. The molecule has 0 aliphatic rings. The van der Waals surface area contributed by atoms with Crippen LogP contribution in [0.2, 0.25) is 5.02 Å². The molecule has 5 heteroatoms. The van der Waals surface area contributed by atoms with Gasteiger partial charge < -0.3 is 0 Å². The van der Waals surface area contributed by atoms with Crippen LogP contribution in [0.4, 0.5) is 0 Å². The fraction of sp³-hybridized carbons (Fsp3) is 0.111. The number of carbonyl (C=O) groups excluding carboxylic acids is 1. The number of halogens is 1. The van der Waals surface area contributed by atoms with E-state index in [0.717, 1.165) is 26.9 Å². The minimum Gasteiger partial charge on any atom is -0.266 e. The van der Waals surface area contributed by atoms with Crippen molar-refractivity contribution in [3.8, 4) is 0 Å². The van der Waals surface area contributed by atoms with Gasteiger partial charge in [-0.3, -0.25) is 4.79 Å². The van der Waals surface area contributed by atoms with Gasteiger partial charge in [0, 0.05) is 10.1 Å². The maximum Gasteiger partial charge on any atom is 0.283 e. The minimum absolute atomic E-state index is 0.289. The van der Waals surface area contributed by atoms with E-state index < -0.39 is 0 Å². The largest absolute Gasteiger partial charge is 0.283 e. The lowest BCUT2D eigenvalue weighted by Crippen LogP contribution is -2.18. The van der Waals surface area contributed by atoms with E-state index in [1.165, 1.54) is 11.3 Å². The number of benzene rings is 2. The van der Waals surface area contributed by atoms with Gasteiger partial charge in [-0.25, -0.2) is 5.43 Å². The molecule has 1 heterocycles. The van der Waals surface area contributed by atoms with Crippen molar-refractivity contribution in [2.24, 2.45) is 5.10 Å². The Morgan fingerprint density at radius 3 is 2.70 bits per heavy atom. The molecule has 23 heavy (non-hydrogen) atoms. The summed E-state index contributed by atoms with van der Waals surface area (Å²) in [5.74, 6) is -0.289. The van der Waals surface area contributed by atoms with E-state index in [9.17, 15) is 4.79 Å². The van der Waals surface area contributed by atoms with Gasteiger partial charge in [-0.2, -0.15) is 5.10 Å². The highest BCUT2D eigenvalue weighted by Crippen LogP contribution is 2.34. The average molecular weight is 343 g/mol. The summed E-state index contributed by atoms with van der Waals surface area (Å²) in [6.07, 6.45) is 0. The van der Waals surface area contributed by atoms with Crippen molar-refractivity contribution < 1.29 is 4.79 Å². The van der Waals surface area contributed by atoms with E-state index in [-0.39, 0.29) is 5.91 Å². The first-order valence-electron chi connectivity index (χ1n) is 7.15. The molecule has 3 rings (SSSR count). The smallest absolute Gasteiger partial charge is 0.266 e. The maximum atomic E-state index is 12.3. The van der Waals surface area contributed by atoms with Gasteiger partial charge in [-0.05, 0) is 25.5 Å². The molecule has 0 spiro atoms. The van der Waals surface area contributed by atoms with Crippen molar-refractivity contribution in [1.29, 1.82) is 0 Å². The standard InChI is InChI=1S/C18H15ClN2OS/c1-11-6-5-7-13(10-11)12(2)20-21-18(22)17-16(19)14-8-3-4-9-15(14)23-17/h3-10H,1-2H3,(H,21,22)/b20-12+. The Kier molecular flexibility index (Phi) is 4.46. The van der Waals surface area contributed by atoms with Crippen LogP contribution in [0.1, 0.15) is 27.7 Å². The number of hydrogen-bond donors (Lipinski definition) is 1. The van der Waals surface area contributed by atoms with E-state index in [4.69, 9.17) is 11.6 Å². The molecule has 0 aliphatic carbocycles. The molecule has 0 aliphatic heterocycles. The van der Waals surface area contributed by atoms with Crippen molar-refractivity contribution in [2.45, 2.75) is 13.8 Å². The van der Waals surface area contributed by atoms with Crippen LogP contribution in [0, 0.1) is 6.92 Å². The number of hydrogen-bond acceptors (Lipinski definition) is 3. The number of nitrogens with zero attached hydrogens (tertiary/aromatic N) is 1. The first-order valence-corrected chi connectivity index (χ1v) is 8.34. The van der Waals surface area contributed by atoms with Crippen LogP contribution in [0.25, 0.3) is 10.1 Å². The van der Waals surface area contributed by atoms with Gasteiger partial charge in [0.2, 0.25) is 0 Å². The lowest BCUT2D eigenvalue weighted by molar-refractivity contribution is 0.0959. The number of rotatable bonds is 3. The van der Waals surface area contributed by atoms with Crippen LogP contribution < -0.4 is 5.43 Å². The lowest BCUT2D eigenvalue weighted by Gasteiger charge is -2.03. The summed E-state index contributed by atoms with van der Waals surface area (Å²) in [4.78, 5) is 12.8. The summed E-state index contributed by atoms with van der Waals surface area (Å²) in [6.45, 7) is 3.88. The summed E-state index contributed by atoms with van der Waals surface area (Å²) >= 11 is 7.67. The third-order valence-corrected chi connectivity index (χ3v) is 5.18. The topological polar surface area (TPSA) is 41.5 Å². The monoisotopic (exact) mass is 342 g/mol. The van der Waals surface area contributed by atoms with Gasteiger partial charge in [0.05, 0.1) is 10.7 Å². The van der Waals surface area contributed by atoms with E-state index in [1.807, 2.05) is 62.4 Å². The van der Waals surface area contributed by atoms with Gasteiger partial charge in [0.15, 0.2) is 0 Å². The molecule has 0 saturated heterocycles. The number of nitrogens with one attached hydrogen (secondary N) is 1. The van der Waals surface area contributed by atoms with Crippen LogP contribution in [0.15, 0.2) is 53.6 Å². The number of carbonyl (C=O) groups is 1. The molecule has 3 aromatic rings. The van der Waals surface area contributed by atoms with Gasteiger partial charge in [-0.15, -0.1) is 11.3 Å². The number of amides is 1. The van der Waals surface area contributed by atoms with Crippen LogP contribution in [-0.4, -0.2) is 11.6 Å². The Bertz CT molecular complexity index is 914. The Morgan fingerprint density at radius 1 is 1.17 bits per heavy atom. The predicted molar refractivity (Wildman–Crippen MR) is 97.7 cm³/mol. The Balaban J connectivity index is 1.83. The summed E-state index contributed by atoms with van der Waals surface area (Å²) < 4.78 is 0.988.